The van der Waals surface area contributed by atoms with E-state index in [4.69, 9.17) is 16.0 Å². The average Bonchev–Trinajstić information content (AvgIpc) is 2.49. The lowest BCUT2D eigenvalue weighted by atomic mass is 10.1. The standard InChI is InChI=1S/C16H9ClF3NO4/c17-12-4-9(16(18,19)20)7-21(15(12)24)6-8-3-14(23)25-13-5-10(22)1-2-11(8)13/h1-5,7,22H,6H2. The van der Waals surface area contributed by atoms with Crippen LogP contribution < -0.4 is 11.2 Å². The molecule has 0 saturated carbocycles. The summed E-state index contributed by atoms with van der Waals surface area (Å²) in [5.74, 6) is -0.146. The summed E-state index contributed by atoms with van der Waals surface area (Å²) < 4.78 is 44.5. The number of phenolic OH excluding ortho intramolecular Hbond substituents is 1. The molecule has 3 rings (SSSR count). The maximum absolute atomic E-state index is 12.9. The van der Waals surface area contributed by atoms with Crippen molar-refractivity contribution in [3.63, 3.8) is 0 Å². The second-order valence-electron chi connectivity index (χ2n) is 5.28. The van der Waals surface area contributed by atoms with Crippen LogP contribution in [0.2, 0.25) is 5.02 Å². The van der Waals surface area contributed by atoms with Crippen molar-refractivity contribution in [2.45, 2.75) is 12.7 Å². The van der Waals surface area contributed by atoms with Gasteiger partial charge in [-0.1, -0.05) is 11.6 Å². The average molecular weight is 372 g/mol. The van der Waals surface area contributed by atoms with Crippen molar-refractivity contribution in [2.24, 2.45) is 0 Å². The predicted octanol–water partition coefficient (Wildman–Crippen LogP) is 3.38. The molecule has 5 nitrogen and oxygen atoms in total. The predicted molar refractivity (Wildman–Crippen MR) is 84.0 cm³/mol. The van der Waals surface area contributed by atoms with E-state index in [2.05, 4.69) is 0 Å². The number of phenols is 1. The molecule has 0 atom stereocenters. The first-order chi connectivity index (χ1) is 11.6. The minimum atomic E-state index is -4.68. The molecule has 0 amide bonds. The lowest BCUT2D eigenvalue weighted by Gasteiger charge is -2.13. The zero-order chi connectivity index (χ0) is 18.4. The van der Waals surface area contributed by atoms with Gasteiger partial charge in [-0.3, -0.25) is 4.79 Å². The van der Waals surface area contributed by atoms with E-state index in [1.165, 1.54) is 18.2 Å². The summed E-state index contributed by atoms with van der Waals surface area (Å²) >= 11 is 5.61. The summed E-state index contributed by atoms with van der Waals surface area (Å²) in [5.41, 5.74) is -2.37. The highest BCUT2D eigenvalue weighted by Gasteiger charge is 2.32. The van der Waals surface area contributed by atoms with Crippen LogP contribution in [-0.4, -0.2) is 9.67 Å². The molecule has 1 aromatic carbocycles. The fraction of sp³-hybridized carbons (Fsp3) is 0.125. The zero-order valence-electron chi connectivity index (χ0n) is 12.3. The number of hydrogen-bond acceptors (Lipinski definition) is 4. The fourth-order valence-corrected chi connectivity index (χ4v) is 2.63. The summed E-state index contributed by atoms with van der Waals surface area (Å²) in [6, 6.07) is 5.58. The highest BCUT2D eigenvalue weighted by molar-refractivity contribution is 6.30. The van der Waals surface area contributed by atoms with Crippen molar-refractivity contribution < 1.29 is 22.7 Å². The quantitative estimate of drug-likeness (QED) is 0.701. The molecule has 2 heterocycles. The molecule has 0 saturated heterocycles. The SMILES string of the molecule is O=c1cc(Cn2cc(C(F)(F)F)cc(Cl)c2=O)c2ccc(O)cc2o1. The van der Waals surface area contributed by atoms with Gasteiger partial charge in [-0.05, 0) is 23.8 Å². The molecule has 0 aliphatic rings. The van der Waals surface area contributed by atoms with Gasteiger partial charge >= 0.3 is 11.8 Å². The Morgan fingerprint density at radius 2 is 1.88 bits per heavy atom. The molecule has 0 spiro atoms. The number of halogens is 4. The van der Waals surface area contributed by atoms with Crippen LogP contribution >= 0.6 is 11.6 Å². The van der Waals surface area contributed by atoms with Crippen LogP contribution in [0.15, 0.2) is 50.5 Å². The summed E-state index contributed by atoms with van der Waals surface area (Å²) in [5, 5.41) is 9.24. The van der Waals surface area contributed by atoms with E-state index in [0.29, 0.717) is 17.6 Å². The molecule has 0 bridgehead atoms. The van der Waals surface area contributed by atoms with Gasteiger partial charge in [-0.25, -0.2) is 4.79 Å². The van der Waals surface area contributed by atoms with Crippen molar-refractivity contribution in [2.75, 3.05) is 0 Å². The molecule has 3 aromatic rings. The van der Waals surface area contributed by atoms with Crippen molar-refractivity contribution >= 4 is 22.6 Å². The first kappa shape index (κ1) is 17.1. The first-order valence-corrected chi connectivity index (χ1v) is 7.26. The molecule has 0 unspecified atom stereocenters. The number of nitrogens with zero attached hydrogens (tertiary/aromatic N) is 1. The monoisotopic (exact) mass is 371 g/mol. The maximum atomic E-state index is 12.9. The number of aromatic hydroxyl groups is 1. The van der Waals surface area contributed by atoms with Crippen LogP contribution in [0.25, 0.3) is 11.0 Å². The lowest BCUT2D eigenvalue weighted by molar-refractivity contribution is -0.138. The van der Waals surface area contributed by atoms with E-state index in [9.17, 15) is 27.9 Å². The van der Waals surface area contributed by atoms with Crippen molar-refractivity contribution in [1.29, 1.82) is 0 Å². The van der Waals surface area contributed by atoms with Crippen LogP contribution in [0.5, 0.6) is 5.75 Å². The number of alkyl halides is 3. The second kappa shape index (κ2) is 5.96. The number of rotatable bonds is 2. The Bertz CT molecular complexity index is 1090. The summed E-state index contributed by atoms with van der Waals surface area (Å²) in [6.45, 7) is -0.324. The van der Waals surface area contributed by atoms with Gasteiger partial charge < -0.3 is 14.1 Å². The Hall–Kier alpha value is -2.74. The van der Waals surface area contributed by atoms with E-state index >= 15 is 0 Å². The second-order valence-corrected chi connectivity index (χ2v) is 5.69. The number of pyridine rings is 1. The summed E-state index contributed by atoms with van der Waals surface area (Å²) in [4.78, 5) is 23.7. The van der Waals surface area contributed by atoms with Crippen LogP contribution in [0.4, 0.5) is 13.2 Å². The Balaban J connectivity index is 2.18. The van der Waals surface area contributed by atoms with E-state index in [0.717, 1.165) is 10.6 Å². The summed E-state index contributed by atoms with van der Waals surface area (Å²) in [7, 11) is 0. The van der Waals surface area contributed by atoms with Crippen LogP contribution in [0.3, 0.4) is 0 Å². The fourth-order valence-electron chi connectivity index (χ4n) is 2.40. The zero-order valence-corrected chi connectivity index (χ0v) is 13.1. The van der Waals surface area contributed by atoms with Gasteiger partial charge in [0.05, 0.1) is 12.1 Å². The van der Waals surface area contributed by atoms with Crippen LogP contribution in [0.1, 0.15) is 11.1 Å². The number of hydrogen-bond donors (Lipinski definition) is 1. The Morgan fingerprint density at radius 3 is 2.56 bits per heavy atom. The van der Waals surface area contributed by atoms with E-state index in [-0.39, 0.29) is 23.4 Å². The first-order valence-electron chi connectivity index (χ1n) is 6.88. The number of benzene rings is 1. The topological polar surface area (TPSA) is 72.4 Å². The van der Waals surface area contributed by atoms with E-state index in [1.807, 2.05) is 0 Å². The van der Waals surface area contributed by atoms with Crippen molar-refractivity contribution in [3.8, 4) is 5.75 Å². The van der Waals surface area contributed by atoms with Gasteiger partial charge in [-0.2, -0.15) is 13.2 Å². The minimum absolute atomic E-state index is 0.0496. The lowest BCUT2D eigenvalue weighted by Crippen LogP contribution is -2.24. The molecular weight excluding hydrogens is 363 g/mol. The molecule has 9 heteroatoms. The molecular formula is C16H9ClF3NO4. The third-order valence-corrected chi connectivity index (χ3v) is 3.79. The van der Waals surface area contributed by atoms with Crippen LogP contribution in [0, 0.1) is 0 Å². The Morgan fingerprint density at radius 1 is 1.16 bits per heavy atom. The van der Waals surface area contributed by atoms with Gasteiger partial charge in [0.2, 0.25) is 0 Å². The van der Waals surface area contributed by atoms with Gasteiger partial charge in [0.1, 0.15) is 16.4 Å². The molecule has 2 aromatic heterocycles. The molecule has 0 radical (unpaired) electrons. The third-order valence-electron chi connectivity index (χ3n) is 3.52. The molecule has 0 aliphatic carbocycles. The smallest absolute Gasteiger partial charge is 0.417 e. The minimum Gasteiger partial charge on any atom is -0.508 e. The van der Waals surface area contributed by atoms with Crippen LogP contribution in [-0.2, 0) is 12.7 Å². The highest BCUT2D eigenvalue weighted by atomic mass is 35.5. The van der Waals surface area contributed by atoms with Gasteiger partial charge in [-0.15, -0.1) is 0 Å². The normalized spacial score (nSPS) is 11.8. The van der Waals surface area contributed by atoms with E-state index < -0.39 is 27.9 Å². The Labute approximate surface area is 142 Å². The highest BCUT2D eigenvalue weighted by Crippen LogP contribution is 2.30. The number of aromatic nitrogens is 1. The van der Waals surface area contributed by atoms with Crippen molar-refractivity contribution in [3.05, 3.63) is 73.5 Å². The van der Waals surface area contributed by atoms with Gasteiger partial charge in [0.15, 0.2) is 0 Å². The summed E-state index contributed by atoms with van der Waals surface area (Å²) in [6.07, 6.45) is -4.04. The third kappa shape index (κ3) is 3.39. The van der Waals surface area contributed by atoms with Crippen molar-refractivity contribution in [1.82, 2.24) is 4.57 Å². The largest absolute Gasteiger partial charge is 0.508 e. The Kier molecular flexibility index (Phi) is 4.08. The molecule has 25 heavy (non-hydrogen) atoms. The number of fused-ring (bicyclic) bond motifs is 1. The van der Waals surface area contributed by atoms with Gasteiger partial charge in [0, 0.05) is 23.7 Å². The molecule has 130 valence electrons. The van der Waals surface area contributed by atoms with E-state index in [1.54, 1.807) is 0 Å². The maximum Gasteiger partial charge on any atom is 0.417 e. The molecule has 0 fully saturated rings. The molecule has 1 N–H and O–H groups in total. The molecule has 0 aliphatic heterocycles. The van der Waals surface area contributed by atoms with Gasteiger partial charge in [0.25, 0.3) is 5.56 Å².